The van der Waals surface area contributed by atoms with E-state index in [1.54, 1.807) is 24.1 Å². The van der Waals surface area contributed by atoms with Crippen LogP contribution in [0.5, 0.6) is 5.75 Å². The predicted molar refractivity (Wildman–Crippen MR) is 148 cm³/mol. The smallest absolute Gasteiger partial charge is 0.255 e. The van der Waals surface area contributed by atoms with E-state index in [0.717, 1.165) is 36.0 Å². The number of methoxy groups -OCH3 is 1. The van der Waals surface area contributed by atoms with E-state index in [1.165, 1.54) is 12.1 Å². The van der Waals surface area contributed by atoms with Crippen LogP contribution in [0.3, 0.4) is 0 Å². The number of nitrogens with zero attached hydrogens (tertiary/aromatic N) is 1. The van der Waals surface area contributed by atoms with E-state index >= 15 is 4.39 Å². The molecule has 0 spiro atoms. The number of ketones is 1. The Hall–Kier alpha value is -3.34. The standard InChI is InChI=1S/C31H37FN2O7/c1-39-30-22-4-2-3-21(22)20(17-24(30)31(38)33-26-9-12-41-18-28(26)36)15-19-5-6-23(25(32)16-19)27(35)7-8-29(37)34-10-13-40-14-11-34/h5-6,16-17,26,28,36H,2-4,7-15,18H2,1H3,(H,33,38)/t26-,28-/m0/s1. The largest absolute Gasteiger partial charge is 0.496 e. The van der Waals surface area contributed by atoms with E-state index in [1.807, 2.05) is 0 Å². The van der Waals surface area contributed by atoms with Crippen molar-refractivity contribution in [1.82, 2.24) is 10.2 Å². The highest BCUT2D eigenvalue weighted by Crippen LogP contribution is 2.37. The number of hydrogen-bond donors (Lipinski definition) is 2. The van der Waals surface area contributed by atoms with Crippen LogP contribution in [-0.2, 0) is 33.5 Å². The molecule has 2 fully saturated rings. The number of morpholine rings is 1. The number of aliphatic hydroxyl groups excluding tert-OH is 1. The fraction of sp³-hybridized carbons (Fsp3) is 0.516. The minimum atomic E-state index is -0.783. The third kappa shape index (κ3) is 6.60. The predicted octanol–water partition coefficient (Wildman–Crippen LogP) is 2.62. The summed E-state index contributed by atoms with van der Waals surface area (Å²) < 4.78 is 31.3. The number of carbonyl (C=O) groups excluding carboxylic acids is 3. The van der Waals surface area contributed by atoms with Crippen LogP contribution < -0.4 is 10.1 Å². The molecule has 5 rings (SSSR count). The fourth-order valence-corrected chi connectivity index (χ4v) is 5.98. The summed E-state index contributed by atoms with van der Waals surface area (Å²) in [5.41, 5.74) is 4.03. The van der Waals surface area contributed by atoms with Crippen molar-refractivity contribution in [3.05, 3.63) is 63.5 Å². The second-order valence-corrected chi connectivity index (χ2v) is 10.8. The highest BCUT2D eigenvalue weighted by atomic mass is 19.1. The van der Waals surface area contributed by atoms with Gasteiger partial charge in [-0.05, 0) is 72.6 Å². The molecule has 2 aliphatic heterocycles. The summed E-state index contributed by atoms with van der Waals surface area (Å²) in [7, 11) is 1.55. The lowest BCUT2D eigenvalue weighted by Gasteiger charge is -2.29. The minimum absolute atomic E-state index is 0.0291. The number of fused-ring (bicyclic) bond motifs is 1. The molecule has 0 unspecified atom stereocenters. The Kier molecular flexibility index (Phi) is 9.32. The molecule has 41 heavy (non-hydrogen) atoms. The number of halogens is 1. The number of Topliss-reactive ketones (excluding diaryl/α,β-unsaturated/α-hetero) is 1. The van der Waals surface area contributed by atoms with Crippen molar-refractivity contribution < 1.29 is 38.1 Å². The topological polar surface area (TPSA) is 114 Å². The number of ether oxygens (including phenoxy) is 3. The van der Waals surface area contributed by atoms with E-state index in [4.69, 9.17) is 14.2 Å². The van der Waals surface area contributed by atoms with Crippen LogP contribution in [0.2, 0.25) is 0 Å². The number of rotatable bonds is 9. The summed E-state index contributed by atoms with van der Waals surface area (Å²) in [4.78, 5) is 40.1. The van der Waals surface area contributed by atoms with Gasteiger partial charge in [0.15, 0.2) is 5.78 Å². The normalized spacial score (nSPS) is 20.4. The Bertz CT molecular complexity index is 1310. The molecule has 3 aliphatic rings. The van der Waals surface area contributed by atoms with Gasteiger partial charge < -0.3 is 29.5 Å². The van der Waals surface area contributed by atoms with Gasteiger partial charge in [-0.25, -0.2) is 4.39 Å². The lowest BCUT2D eigenvalue weighted by molar-refractivity contribution is -0.135. The number of amides is 2. The van der Waals surface area contributed by atoms with Gasteiger partial charge in [-0.1, -0.05) is 6.07 Å². The highest BCUT2D eigenvalue weighted by molar-refractivity contribution is 5.99. The molecule has 0 bridgehead atoms. The number of hydrogen-bond acceptors (Lipinski definition) is 7. The molecular formula is C31H37FN2O7. The molecule has 2 aromatic carbocycles. The minimum Gasteiger partial charge on any atom is -0.496 e. The van der Waals surface area contributed by atoms with Gasteiger partial charge in [0.2, 0.25) is 5.91 Å². The van der Waals surface area contributed by atoms with Gasteiger partial charge in [0, 0.05) is 32.5 Å². The van der Waals surface area contributed by atoms with Crippen LogP contribution in [0.1, 0.15) is 68.7 Å². The van der Waals surface area contributed by atoms with Crippen LogP contribution in [0.25, 0.3) is 0 Å². The maximum Gasteiger partial charge on any atom is 0.255 e. The molecule has 0 aromatic heterocycles. The van der Waals surface area contributed by atoms with Gasteiger partial charge in [-0.3, -0.25) is 14.4 Å². The van der Waals surface area contributed by atoms with Crippen molar-refractivity contribution in [2.24, 2.45) is 0 Å². The van der Waals surface area contributed by atoms with Gasteiger partial charge in [0.1, 0.15) is 11.6 Å². The molecule has 2 amide bonds. The van der Waals surface area contributed by atoms with Gasteiger partial charge in [0.05, 0.1) is 50.2 Å². The molecule has 220 valence electrons. The molecule has 2 atom stereocenters. The van der Waals surface area contributed by atoms with E-state index in [-0.39, 0.29) is 36.8 Å². The summed E-state index contributed by atoms with van der Waals surface area (Å²) >= 11 is 0. The average molecular weight is 569 g/mol. The second kappa shape index (κ2) is 13.1. The monoisotopic (exact) mass is 568 g/mol. The van der Waals surface area contributed by atoms with Crippen LogP contribution in [0.4, 0.5) is 4.39 Å². The third-order valence-electron chi connectivity index (χ3n) is 8.19. The molecule has 2 heterocycles. The quantitative estimate of drug-likeness (QED) is 0.447. The summed E-state index contributed by atoms with van der Waals surface area (Å²) in [5, 5.41) is 13.2. The zero-order valence-corrected chi connectivity index (χ0v) is 23.4. The van der Waals surface area contributed by atoms with Crippen molar-refractivity contribution in [1.29, 1.82) is 0 Å². The molecule has 2 aromatic rings. The lowest BCUT2D eigenvalue weighted by atomic mass is 9.92. The Morgan fingerprint density at radius 1 is 1.05 bits per heavy atom. The molecule has 9 nitrogen and oxygen atoms in total. The first-order chi connectivity index (χ1) is 19.9. The van der Waals surface area contributed by atoms with Crippen molar-refractivity contribution in [3.63, 3.8) is 0 Å². The number of carbonyl (C=O) groups is 3. The zero-order chi connectivity index (χ0) is 28.9. The van der Waals surface area contributed by atoms with E-state index < -0.39 is 23.7 Å². The molecule has 2 N–H and O–H groups in total. The first-order valence-electron chi connectivity index (χ1n) is 14.3. The number of benzene rings is 2. The SMILES string of the molecule is COc1c(C(=O)N[C@H]2CCOC[C@@H]2O)cc(Cc2ccc(C(=O)CCC(=O)N3CCOCC3)c(F)c2)c2c1CCC2. The van der Waals surface area contributed by atoms with Crippen molar-refractivity contribution in [2.75, 3.05) is 46.6 Å². The van der Waals surface area contributed by atoms with Crippen molar-refractivity contribution >= 4 is 17.6 Å². The maximum absolute atomic E-state index is 15.1. The molecule has 0 radical (unpaired) electrons. The van der Waals surface area contributed by atoms with Crippen molar-refractivity contribution in [3.8, 4) is 5.75 Å². The van der Waals surface area contributed by atoms with E-state index in [2.05, 4.69) is 5.32 Å². The zero-order valence-electron chi connectivity index (χ0n) is 23.4. The molecule has 1 aliphatic carbocycles. The van der Waals surface area contributed by atoms with Gasteiger partial charge in [0.25, 0.3) is 5.91 Å². The molecule has 10 heteroatoms. The Morgan fingerprint density at radius 2 is 1.83 bits per heavy atom. The second-order valence-electron chi connectivity index (χ2n) is 10.8. The van der Waals surface area contributed by atoms with E-state index in [9.17, 15) is 19.5 Å². The van der Waals surface area contributed by atoms with Gasteiger partial charge >= 0.3 is 0 Å². The average Bonchev–Trinajstić information content (AvgIpc) is 3.48. The van der Waals surface area contributed by atoms with Crippen LogP contribution in [-0.4, -0.2) is 86.4 Å². The van der Waals surface area contributed by atoms with Gasteiger partial charge in [-0.2, -0.15) is 0 Å². The molecular weight excluding hydrogens is 531 g/mol. The Labute approximate surface area is 238 Å². The van der Waals surface area contributed by atoms with Crippen LogP contribution in [0.15, 0.2) is 24.3 Å². The van der Waals surface area contributed by atoms with Gasteiger partial charge in [-0.15, -0.1) is 0 Å². The Balaban J connectivity index is 1.31. The number of aliphatic hydroxyl groups is 1. The first-order valence-corrected chi connectivity index (χ1v) is 14.3. The summed E-state index contributed by atoms with van der Waals surface area (Å²) in [6.07, 6.45) is 2.62. The first kappa shape index (κ1) is 29.2. The van der Waals surface area contributed by atoms with Crippen LogP contribution in [0, 0.1) is 5.82 Å². The van der Waals surface area contributed by atoms with E-state index in [0.29, 0.717) is 62.6 Å². The summed E-state index contributed by atoms with van der Waals surface area (Å²) in [6.45, 7) is 2.61. The maximum atomic E-state index is 15.1. The molecule has 2 saturated heterocycles. The third-order valence-corrected chi connectivity index (χ3v) is 8.19. The Morgan fingerprint density at radius 3 is 2.56 bits per heavy atom. The number of nitrogens with one attached hydrogen (secondary N) is 1. The summed E-state index contributed by atoms with van der Waals surface area (Å²) in [5.74, 6) is -0.946. The molecule has 0 saturated carbocycles. The fourth-order valence-electron chi connectivity index (χ4n) is 5.98. The summed E-state index contributed by atoms with van der Waals surface area (Å²) in [6, 6.07) is 5.96. The van der Waals surface area contributed by atoms with Crippen LogP contribution >= 0.6 is 0 Å². The van der Waals surface area contributed by atoms with Crippen molar-refractivity contribution in [2.45, 2.75) is 57.1 Å². The highest BCUT2D eigenvalue weighted by Gasteiger charge is 2.30. The lowest BCUT2D eigenvalue weighted by Crippen LogP contribution is -2.48.